The van der Waals surface area contributed by atoms with Crippen LogP contribution in [0, 0.1) is 0 Å². The average molecular weight is 855 g/mol. The topological polar surface area (TPSA) is 230 Å². The number of aryl methyl sites for hydroxylation is 1. The molecule has 0 amide bonds. The molecule has 16 nitrogen and oxygen atoms in total. The number of H-pyrrole nitrogens is 1. The van der Waals surface area contributed by atoms with E-state index in [2.05, 4.69) is 30.9 Å². The van der Waals surface area contributed by atoms with Crippen molar-refractivity contribution in [2.75, 3.05) is 33.5 Å². The Morgan fingerprint density at radius 2 is 1.66 bits per heavy atom. The summed E-state index contributed by atoms with van der Waals surface area (Å²) >= 11 is 6.42. The molecule has 0 radical (unpaired) electrons. The first-order valence-corrected chi connectivity index (χ1v) is 20.1. The summed E-state index contributed by atoms with van der Waals surface area (Å²) < 4.78 is 17.5. The third kappa shape index (κ3) is 10.8. The Bertz CT molecular complexity index is 2380. The third-order valence-corrected chi connectivity index (χ3v) is 10.0. The highest BCUT2D eigenvalue weighted by atomic mass is 35.5. The van der Waals surface area contributed by atoms with E-state index in [1.165, 1.54) is 7.11 Å². The molecule has 6 N–H and O–H groups in total. The zero-order valence-corrected chi connectivity index (χ0v) is 35.7. The molecule has 2 aromatic heterocycles. The Balaban J connectivity index is 0.000000234. The number of aromatic nitrogens is 6. The van der Waals surface area contributed by atoms with E-state index >= 15 is 0 Å². The van der Waals surface area contributed by atoms with Gasteiger partial charge in [0.1, 0.15) is 17.1 Å². The van der Waals surface area contributed by atoms with Crippen molar-refractivity contribution in [3.63, 3.8) is 0 Å². The molecule has 0 aliphatic carbocycles. The number of methoxy groups -OCH3 is 1. The number of halogens is 1. The first kappa shape index (κ1) is 45.9. The molecule has 0 bridgehead atoms. The number of hydrogen-bond donors (Lipinski definition) is 5. The normalized spacial score (nSPS) is 14.0. The summed E-state index contributed by atoms with van der Waals surface area (Å²) in [6.07, 6.45) is 1.43. The number of carbonyl (C=O) groups excluding carboxylic acids is 2. The summed E-state index contributed by atoms with van der Waals surface area (Å²) in [5, 5.41) is 38.2. The van der Waals surface area contributed by atoms with Gasteiger partial charge in [-0.3, -0.25) is 0 Å². The SMILES string of the molecule is CCCc1nc(C(C)(C)O)c(C(=O)O)n1Cc1ccc(-c2ccccc2-c2nn[nH]n2)cc1.CCOC(=O)C1=C(COCCN)NC(C)=C(C(=O)OC)C1c1ccccc1Cl. The Morgan fingerprint density at radius 3 is 2.25 bits per heavy atom. The van der Waals surface area contributed by atoms with Gasteiger partial charge in [-0.25, -0.2) is 19.4 Å². The second kappa shape index (κ2) is 20.9. The molecule has 1 atom stereocenters. The summed E-state index contributed by atoms with van der Waals surface area (Å²) in [6.45, 7) is 9.88. The lowest BCUT2D eigenvalue weighted by Crippen LogP contribution is -2.35. The quantitative estimate of drug-likeness (QED) is 0.0573. The number of benzene rings is 3. The Kier molecular flexibility index (Phi) is 15.7. The molecule has 3 aromatic carbocycles. The molecule has 17 heteroatoms. The van der Waals surface area contributed by atoms with Gasteiger partial charge in [0.2, 0.25) is 5.82 Å². The zero-order valence-electron chi connectivity index (χ0n) is 35.0. The number of aromatic amines is 1. The summed E-state index contributed by atoms with van der Waals surface area (Å²) in [7, 11) is 1.29. The second-order valence-corrected chi connectivity index (χ2v) is 14.9. The molecule has 1 unspecified atom stereocenters. The van der Waals surface area contributed by atoms with E-state index in [1.54, 1.807) is 56.5 Å². The van der Waals surface area contributed by atoms with Crippen molar-refractivity contribution in [1.29, 1.82) is 0 Å². The van der Waals surface area contributed by atoms with Crippen molar-refractivity contribution in [2.24, 2.45) is 5.73 Å². The Hall–Kier alpha value is -6.20. The average Bonchev–Trinajstić information content (AvgIpc) is 3.91. The number of ether oxygens (including phenoxy) is 3. The number of rotatable bonds is 16. The number of tetrazole rings is 1. The summed E-state index contributed by atoms with van der Waals surface area (Å²) in [5.41, 5.74) is 10.3. The van der Waals surface area contributed by atoms with Crippen LogP contribution < -0.4 is 11.1 Å². The molecule has 61 heavy (non-hydrogen) atoms. The molecule has 0 fully saturated rings. The number of nitrogens with two attached hydrogens (primary N) is 1. The zero-order chi connectivity index (χ0) is 44.3. The van der Waals surface area contributed by atoms with E-state index in [0.717, 1.165) is 28.7 Å². The van der Waals surface area contributed by atoms with Gasteiger partial charge in [-0.2, -0.15) is 5.21 Å². The van der Waals surface area contributed by atoms with E-state index in [4.69, 9.17) is 31.5 Å². The van der Waals surface area contributed by atoms with Crippen LogP contribution in [0.4, 0.5) is 0 Å². The first-order valence-electron chi connectivity index (χ1n) is 19.7. The van der Waals surface area contributed by atoms with E-state index in [-0.39, 0.29) is 30.2 Å². The number of hydrogen-bond acceptors (Lipinski definition) is 13. The van der Waals surface area contributed by atoms with Crippen molar-refractivity contribution in [2.45, 2.75) is 65.5 Å². The number of dihydropyridines is 1. The molecule has 0 saturated heterocycles. The Morgan fingerprint density at radius 1 is 0.967 bits per heavy atom. The van der Waals surface area contributed by atoms with Gasteiger partial charge in [0, 0.05) is 35.8 Å². The van der Waals surface area contributed by atoms with Crippen LogP contribution in [-0.2, 0) is 42.4 Å². The number of nitrogens with one attached hydrogen (secondary N) is 2. The van der Waals surface area contributed by atoms with E-state index in [0.29, 0.717) is 65.3 Å². The van der Waals surface area contributed by atoms with Gasteiger partial charge < -0.3 is 40.0 Å². The van der Waals surface area contributed by atoms with Crippen molar-refractivity contribution in [1.82, 2.24) is 35.5 Å². The first-order chi connectivity index (χ1) is 29.2. The van der Waals surface area contributed by atoms with Crippen LogP contribution in [-0.4, -0.2) is 91.8 Å². The number of allylic oxidation sites excluding steroid dienone is 1. The third-order valence-electron chi connectivity index (χ3n) is 9.69. The van der Waals surface area contributed by atoms with Crippen LogP contribution in [0.1, 0.15) is 80.1 Å². The molecular formula is C44H51ClN8O8. The van der Waals surface area contributed by atoms with Gasteiger partial charge in [0.05, 0.1) is 49.7 Å². The fourth-order valence-corrected chi connectivity index (χ4v) is 7.27. The number of carboxylic acids is 1. The largest absolute Gasteiger partial charge is 0.477 e. The smallest absolute Gasteiger partial charge is 0.354 e. The van der Waals surface area contributed by atoms with Gasteiger partial charge >= 0.3 is 17.9 Å². The number of imidazole rings is 1. The number of nitrogens with zero attached hydrogens (tertiary/aromatic N) is 5. The molecule has 0 spiro atoms. The van der Waals surface area contributed by atoms with E-state index < -0.39 is 29.4 Å². The number of aromatic carboxylic acids is 1. The van der Waals surface area contributed by atoms with Crippen molar-refractivity contribution < 1.29 is 38.8 Å². The number of carbonyl (C=O) groups is 3. The van der Waals surface area contributed by atoms with Crippen LogP contribution in [0.25, 0.3) is 22.5 Å². The highest BCUT2D eigenvalue weighted by Gasteiger charge is 2.39. The van der Waals surface area contributed by atoms with Crippen molar-refractivity contribution in [3.05, 3.63) is 129 Å². The molecule has 3 heterocycles. The van der Waals surface area contributed by atoms with Crippen LogP contribution >= 0.6 is 11.6 Å². The van der Waals surface area contributed by atoms with E-state index in [9.17, 15) is 24.6 Å². The predicted molar refractivity (Wildman–Crippen MR) is 228 cm³/mol. The minimum Gasteiger partial charge on any atom is -0.477 e. The molecule has 0 saturated carbocycles. The summed E-state index contributed by atoms with van der Waals surface area (Å²) in [4.78, 5) is 42.1. The van der Waals surface area contributed by atoms with Gasteiger partial charge in [-0.15, -0.1) is 10.2 Å². The van der Waals surface area contributed by atoms with Crippen LogP contribution in [0.15, 0.2) is 95.3 Å². The lowest BCUT2D eigenvalue weighted by molar-refractivity contribution is -0.139. The maximum Gasteiger partial charge on any atom is 0.354 e. The summed E-state index contributed by atoms with van der Waals surface area (Å²) in [6, 6.07) is 22.8. The molecule has 5 aromatic rings. The molecule has 1 aliphatic heterocycles. The lowest BCUT2D eigenvalue weighted by Gasteiger charge is -2.31. The molecular weight excluding hydrogens is 804 g/mol. The minimum absolute atomic E-state index is 0.0254. The Labute approximate surface area is 358 Å². The standard InChI is InChI=1S/C24H26N6O3.C20H25ClN2O5/c1-4-7-19-25-21(24(2,3)33)20(23(31)32)30(19)14-15-10-12-16(13-11-15)17-8-5-6-9-18(17)22-26-28-29-27-22;1-4-28-20(25)18-15(11-27-10-9-22)23-12(2)16(19(24)26-3)17(18)13-7-5-6-8-14(13)21/h5-6,8-13,33H,4,7,14H2,1-3H3,(H,31,32)(H,26,27,28,29);5-8,17,23H,4,9-11,22H2,1-3H3. The maximum atomic E-state index is 12.9. The van der Waals surface area contributed by atoms with Crippen molar-refractivity contribution in [3.8, 4) is 22.5 Å². The fourth-order valence-electron chi connectivity index (χ4n) is 7.02. The fraction of sp³-hybridized carbons (Fsp3) is 0.341. The molecule has 322 valence electrons. The maximum absolute atomic E-state index is 12.9. The van der Waals surface area contributed by atoms with Gasteiger partial charge in [-0.1, -0.05) is 85.3 Å². The molecule has 6 rings (SSSR count). The highest BCUT2D eigenvalue weighted by Crippen LogP contribution is 2.42. The van der Waals surface area contributed by atoms with Crippen molar-refractivity contribution >= 4 is 29.5 Å². The van der Waals surface area contributed by atoms with E-state index in [1.807, 2.05) is 55.5 Å². The summed E-state index contributed by atoms with van der Waals surface area (Å²) in [5.74, 6) is -1.80. The number of carboxylic acid groups (broad SMARTS) is 1. The second-order valence-electron chi connectivity index (χ2n) is 14.5. The van der Waals surface area contributed by atoms with Crippen LogP contribution in [0.2, 0.25) is 5.02 Å². The van der Waals surface area contributed by atoms with Gasteiger partial charge in [0.25, 0.3) is 0 Å². The van der Waals surface area contributed by atoms with Gasteiger partial charge in [0.15, 0.2) is 5.69 Å². The van der Waals surface area contributed by atoms with Crippen LogP contribution in [0.3, 0.4) is 0 Å². The highest BCUT2D eigenvalue weighted by molar-refractivity contribution is 6.31. The monoisotopic (exact) mass is 854 g/mol. The van der Waals surface area contributed by atoms with Gasteiger partial charge in [-0.05, 0) is 67.6 Å². The predicted octanol–water partition coefficient (Wildman–Crippen LogP) is 5.92. The number of aliphatic hydroxyl groups is 1. The minimum atomic E-state index is -1.36. The lowest BCUT2D eigenvalue weighted by atomic mass is 9.80. The molecule has 1 aliphatic rings. The number of esters is 2. The van der Waals surface area contributed by atoms with Crippen LogP contribution in [0.5, 0.6) is 0 Å².